The van der Waals surface area contributed by atoms with E-state index in [1.54, 1.807) is 12.1 Å². The zero-order valence-corrected chi connectivity index (χ0v) is 16.2. The molecule has 140 valence electrons. The molecular formula is C20H14Cl2N4O2. The van der Waals surface area contributed by atoms with Crippen LogP contribution in [0.4, 0.5) is 0 Å². The number of nitriles is 1. The van der Waals surface area contributed by atoms with Gasteiger partial charge in [-0.1, -0.05) is 53.5 Å². The smallest absolute Gasteiger partial charge is 0.244 e. The van der Waals surface area contributed by atoms with E-state index in [1.165, 1.54) is 7.11 Å². The van der Waals surface area contributed by atoms with Gasteiger partial charge in [0, 0.05) is 10.6 Å². The lowest BCUT2D eigenvalue weighted by atomic mass is 9.82. The lowest BCUT2D eigenvalue weighted by molar-refractivity contribution is 0.375. The predicted octanol–water partition coefficient (Wildman–Crippen LogP) is 4.61. The maximum Gasteiger partial charge on any atom is 0.244 e. The SMILES string of the molecule is COc1c(Cl)cc(Cl)cc1[C@H]1C(C#N)=C(N)Oc2n[nH]c(-c3ccccc3)c21. The Kier molecular flexibility index (Phi) is 4.63. The van der Waals surface area contributed by atoms with Gasteiger partial charge in [-0.25, -0.2) is 0 Å². The average molecular weight is 413 g/mol. The van der Waals surface area contributed by atoms with Crippen LogP contribution in [0.25, 0.3) is 11.3 Å². The third-order valence-electron chi connectivity index (χ3n) is 4.55. The lowest BCUT2D eigenvalue weighted by Gasteiger charge is -2.26. The standard InChI is InChI=1S/C20H14Cl2N4O2/c1-27-18-12(7-11(21)8-14(18)22)15-13(9-23)19(24)28-20-16(15)17(25-26-20)10-5-3-2-4-6-10/h2-8,15H,24H2,1H3,(H,25,26)/t15-/m0/s1. The second kappa shape index (κ2) is 7.12. The van der Waals surface area contributed by atoms with Crippen LogP contribution in [0.3, 0.4) is 0 Å². The van der Waals surface area contributed by atoms with E-state index in [0.29, 0.717) is 38.5 Å². The molecule has 0 radical (unpaired) electrons. The molecule has 2 heterocycles. The van der Waals surface area contributed by atoms with Crippen LogP contribution in [-0.2, 0) is 0 Å². The minimum Gasteiger partial charge on any atom is -0.495 e. The Morgan fingerprint density at radius 1 is 1.25 bits per heavy atom. The molecule has 3 N–H and O–H groups in total. The third-order valence-corrected chi connectivity index (χ3v) is 5.05. The molecule has 8 heteroatoms. The Bertz CT molecular complexity index is 1130. The summed E-state index contributed by atoms with van der Waals surface area (Å²) < 4.78 is 11.1. The number of aromatic amines is 1. The molecule has 1 aromatic heterocycles. The maximum atomic E-state index is 9.81. The summed E-state index contributed by atoms with van der Waals surface area (Å²) in [7, 11) is 1.51. The Balaban J connectivity index is 2.03. The number of H-pyrrole nitrogens is 1. The highest BCUT2D eigenvalue weighted by Crippen LogP contribution is 2.49. The quantitative estimate of drug-likeness (QED) is 0.654. The van der Waals surface area contributed by atoms with E-state index in [4.69, 9.17) is 38.4 Å². The summed E-state index contributed by atoms with van der Waals surface area (Å²) in [6.07, 6.45) is 0. The van der Waals surface area contributed by atoms with E-state index in [0.717, 1.165) is 5.56 Å². The number of nitrogens with two attached hydrogens (primary N) is 1. The van der Waals surface area contributed by atoms with Crippen LogP contribution in [0.2, 0.25) is 10.0 Å². The van der Waals surface area contributed by atoms with E-state index in [9.17, 15) is 5.26 Å². The molecule has 1 atom stereocenters. The summed E-state index contributed by atoms with van der Waals surface area (Å²) >= 11 is 12.6. The van der Waals surface area contributed by atoms with E-state index in [-0.39, 0.29) is 11.5 Å². The van der Waals surface area contributed by atoms with Crippen molar-refractivity contribution in [3.05, 3.63) is 75.1 Å². The van der Waals surface area contributed by atoms with Crippen molar-refractivity contribution in [2.45, 2.75) is 5.92 Å². The number of hydrogen-bond acceptors (Lipinski definition) is 5. The van der Waals surface area contributed by atoms with Crippen molar-refractivity contribution in [3.63, 3.8) is 0 Å². The number of hydrogen-bond donors (Lipinski definition) is 2. The van der Waals surface area contributed by atoms with Gasteiger partial charge in [0.05, 0.1) is 29.3 Å². The van der Waals surface area contributed by atoms with Crippen molar-refractivity contribution in [3.8, 4) is 29.0 Å². The van der Waals surface area contributed by atoms with Crippen LogP contribution in [0, 0.1) is 11.3 Å². The molecule has 0 fully saturated rings. The molecule has 0 saturated heterocycles. The Morgan fingerprint density at radius 3 is 2.68 bits per heavy atom. The van der Waals surface area contributed by atoms with Crippen molar-refractivity contribution < 1.29 is 9.47 Å². The van der Waals surface area contributed by atoms with Crippen molar-refractivity contribution >= 4 is 23.2 Å². The summed E-state index contributed by atoms with van der Waals surface area (Å²) in [4.78, 5) is 0. The van der Waals surface area contributed by atoms with Crippen molar-refractivity contribution in [1.82, 2.24) is 10.2 Å². The maximum absolute atomic E-state index is 9.81. The molecule has 0 aliphatic carbocycles. The Morgan fingerprint density at radius 2 is 2.00 bits per heavy atom. The highest BCUT2D eigenvalue weighted by atomic mass is 35.5. The van der Waals surface area contributed by atoms with Crippen LogP contribution < -0.4 is 15.2 Å². The first-order chi connectivity index (χ1) is 13.5. The normalized spacial score (nSPS) is 15.6. The van der Waals surface area contributed by atoms with Crippen molar-refractivity contribution in [1.29, 1.82) is 5.26 Å². The molecule has 1 aliphatic rings. The number of halogens is 2. The van der Waals surface area contributed by atoms with Crippen LogP contribution in [0.5, 0.6) is 11.6 Å². The molecule has 0 unspecified atom stereocenters. The van der Waals surface area contributed by atoms with Gasteiger partial charge in [0.2, 0.25) is 11.8 Å². The van der Waals surface area contributed by atoms with Crippen LogP contribution in [-0.4, -0.2) is 17.3 Å². The molecule has 6 nitrogen and oxygen atoms in total. The highest BCUT2D eigenvalue weighted by molar-refractivity contribution is 6.35. The number of aromatic nitrogens is 2. The Hall–Kier alpha value is -3.14. The number of fused-ring (bicyclic) bond motifs is 1. The van der Waals surface area contributed by atoms with E-state index in [1.807, 2.05) is 30.3 Å². The molecule has 4 rings (SSSR count). The number of methoxy groups -OCH3 is 1. The van der Waals surface area contributed by atoms with Gasteiger partial charge >= 0.3 is 0 Å². The first-order valence-electron chi connectivity index (χ1n) is 8.29. The summed E-state index contributed by atoms with van der Waals surface area (Å²) in [5, 5.41) is 17.8. The summed E-state index contributed by atoms with van der Waals surface area (Å²) in [6.45, 7) is 0. The monoisotopic (exact) mass is 412 g/mol. The number of nitrogens with one attached hydrogen (secondary N) is 1. The fourth-order valence-corrected chi connectivity index (χ4v) is 3.98. The second-order valence-electron chi connectivity index (χ2n) is 6.12. The molecule has 3 aromatic rings. The van der Waals surface area contributed by atoms with Gasteiger partial charge in [-0.2, -0.15) is 5.26 Å². The predicted molar refractivity (Wildman–Crippen MR) is 106 cm³/mol. The fourth-order valence-electron chi connectivity index (χ4n) is 3.39. The summed E-state index contributed by atoms with van der Waals surface area (Å²) in [6, 6.07) is 15.0. The number of ether oxygens (including phenoxy) is 2. The highest BCUT2D eigenvalue weighted by Gasteiger charge is 2.37. The first kappa shape index (κ1) is 18.2. The fraction of sp³-hybridized carbons (Fsp3) is 0.100. The number of allylic oxidation sites excluding steroid dienone is 1. The van der Waals surface area contributed by atoms with Crippen molar-refractivity contribution in [2.24, 2.45) is 5.73 Å². The molecule has 1 aliphatic heterocycles. The topological polar surface area (TPSA) is 96.9 Å². The average Bonchev–Trinajstić information content (AvgIpc) is 3.10. The third kappa shape index (κ3) is 2.85. The largest absolute Gasteiger partial charge is 0.495 e. The first-order valence-corrected chi connectivity index (χ1v) is 9.05. The summed E-state index contributed by atoms with van der Waals surface area (Å²) in [5.74, 6) is 0.0568. The minimum absolute atomic E-state index is 0.0238. The molecule has 0 spiro atoms. The van der Waals surface area contributed by atoms with Gasteiger partial charge < -0.3 is 15.2 Å². The molecule has 0 saturated carbocycles. The number of nitrogens with zero attached hydrogens (tertiary/aromatic N) is 2. The number of benzene rings is 2. The Labute approximate surface area is 171 Å². The zero-order chi connectivity index (χ0) is 19.8. The second-order valence-corrected chi connectivity index (χ2v) is 6.96. The van der Waals surface area contributed by atoms with E-state index in [2.05, 4.69) is 16.3 Å². The van der Waals surface area contributed by atoms with Gasteiger partial charge in [0.25, 0.3) is 0 Å². The van der Waals surface area contributed by atoms with Gasteiger partial charge in [-0.3, -0.25) is 5.10 Å². The van der Waals surface area contributed by atoms with Crippen LogP contribution in [0.1, 0.15) is 17.0 Å². The van der Waals surface area contributed by atoms with E-state index < -0.39 is 5.92 Å². The van der Waals surface area contributed by atoms with Crippen molar-refractivity contribution in [2.75, 3.05) is 7.11 Å². The van der Waals surface area contributed by atoms with Gasteiger partial charge in [-0.05, 0) is 17.7 Å². The minimum atomic E-state index is -0.617. The van der Waals surface area contributed by atoms with Gasteiger partial charge in [0.15, 0.2) is 0 Å². The number of rotatable bonds is 3. The van der Waals surface area contributed by atoms with E-state index >= 15 is 0 Å². The van der Waals surface area contributed by atoms with Gasteiger partial charge in [-0.15, -0.1) is 5.10 Å². The van der Waals surface area contributed by atoms with Crippen LogP contribution in [0.15, 0.2) is 53.9 Å². The van der Waals surface area contributed by atoms with Crippen LogP contribution >= 0.6 is 23.2 Å². The molecule has 2 aromatic carbocycles. The lowest BCUT2D eigenvalue weighted by Crippen LogP contribution is -2.21. The zero-order valence-electron chi connectivity index (χ0n) is 14.7. The molecule has 0 bridgehead atoms. The molecule has 28 heavy (non-hydrogen) atoms. The molecule has 0 amide bonds. The molecular weight excluding hydrogens is 399 g/mol. The summed E-state index contributed by atoms with van der Waals surface area (Å²) in [5.41, 5.74) is 9.10. The van der Waals surface area contributed by atoms with Gasteiger partial charge in [0.1, 0.15) is 17.4 Å².